The zero-order valence-corrected chi connectivity index (χ0v) is 16.8. The normalized spacial score (nSPS) is 14.0. The number of benzene rings is 1. The zero-order chi connectivity index (χ0) is 19.7. The van der Waals surface area contributed by atoms with Crippen LogP contribution in [0.2, 0.25) is 0 Å². The summed E-state index contributed by atoms with van der Waals surface area (Å²) in [6.07, 6.45) is 8.55. The molecule has 1 aliphatic rings. The Hall–Kier alpha value is -1.73. The van der Waals surface area contributed by atoms with E-state index in [0.717, 1.165) is 24.2 Å². The highest BCUT2D eigenvalue weighted by Gasteiger charge is 2.34. The lowest BCUT2D eigenvalue weighted by molar-refractivity contribution is 0.0632. The second-order valence-electron chi connectivity index (χ2n) is 6.87. The predicted molar refractivity (Wildman–Crippen MR) is 104 cm³/mol. The van der Waals surface area contributed by atoms with Gasteiger partial charge in [-0.3, -0.25) is 18.7 Å². The molecule has 1 aliphatic heterocycles. The fourth-order valence-corrected chi connectivity index (χ4v) is 4.17. The van der Waals surface area contributed by atoms with E-state index < -0.39 is 21.9 Å². The average molecular weight is 396 g/mol. The molecule has 1 heterocycles. The molecular weight excluding hydrogens is 366 g/mol. The number of fused-ring (bicyclic) bond motifs is 1. The molecule has 0 saturated heterocycles. The molecule has 0 saturated carbocycles. The molecule has 0 spiro atoms. The van der Waals surface area contributed by atoms with E-state index in [4.69, 9.17) is 4.18 Å². The van der Waals surface area contributed by atoms with Crippen LogP contribution in [-0.4, -0.2) is 44.0 Å². The van der Waals surface area contributed by atoms with Crippen molar-refractivity contribution >= 4 is 21.9 Å². The molecule has 27 heavy (non-hydrogen) atoms. The quantitative estimate of drug-likeness (QED) is 0.288. The van der Waals surface area contributed by atoms with Crippen LogP contribution in [0.4, 0.5) is 0 Å². The molecule has 2 rings (SSSR count). The number of hydrogen-bond donors (Lipinski definition) is 0. The van der Waals surface area contributed by atoms with E-state index in [1.54, 1.807) is 24.3 Å². The Morgan fingerprint density at radius 3 is 1.93 bits per heavy atom. The van der Waals surface area contributed by atoms with E-state index in [1.165, 1.54) is 25.7 Å². The van der Waals surface area contributed by atoms with Crippen molar-refractivity contribution in [3.05, 3.63) is 35.4 Å². The van der Waals surface area contributed by atoms with Crippen LogP contribution in [0.15, 0.2) is 24.3 Å². The summed E-state index contributed by atoms with van der Waals surface area (Å²) in [5, 5.41) is 0. The molecule has 0 aliphatic carbocycles. The number of unbranched alkanes of at least 4 members (excludes halogenated alkanes) is 7. The van der Waals surface area contributed by atoms with Crippen LogP contribution in [0, 0.1) is 0 Å². The zero-order valence-electron chi connectivity index (χ0n) is 16.0. The van der Waals surface area contributed by atoms with Crippen molar-refractivity contribution < 1.29 is 22.2 Å². The van der Waals surface area contributed by atoms with E-state index in [0.29, 0.717) is 17.5 Å². The molecule has 0 fully saturated rings. The Balaban J connectivity index is 1.65. The molecular formula is C20H29NO5S. The first-order valence-corrected chi connectivity index (χ1v) is 11.4. The summed E-state index contributed by atoms with van der Waals surface area (Å²) in [5.41, 5.74) is 0.702. The first-order valence-electron chi connectivity index (χ1n) is 9.78. The third-order valence-electron chi connectivity index (χ3n) is 4.70. The molecule has 7 heteroatoms. The van der Waals surface area contributed by atoms with Crippen molar-refractivity contribution in [2.45, 2.75) is 58.3 Å². The highest BCUT2D eigenvalue weighted by Crippen LogP contribution is 2.22. The maximum Gasteiger partial charge on any atom is 0.267 e. The maximum atomic E-state index is 12.2. The van der Waals surface area contributed by atoms with Crippen LogP contribution in [0.3, 0.4) is 0 Å². The number of hydrogen-bond acceptors (Lipinski definition) is 5. The van der Waals surface area contributed by atoms with Gasteiger partial charge in [0.1, 0.15) is 0 Å². The van der Waals surface area contributed by atoms with Crippen molar-refractivity contribution in [2.75, 3.05) is 18.9 Å². The third-order valence-corrected chi connectivity index (χ3v) is 6.02. The van der Waals surface area contributed by atoms with Gasteiger partial charge in [-0.1, -0.05) is 64.0 Å². The Kier molecular flexibility index (Phi) is 8.44. The van der Waals surface area contributed by atoms with Gasteiger partial charge in [0.15, 0.2) is 0 Å². The molecule has 6 nitrogen and oxygen atoms in total. The fourth-order valence-electron chi connectivity index (χ4n) is 3.17. The summed E-state index contributed by atoms with van der Waals surface area (Å²) < 4.78 is 28.9. The average Bonchev–Trinajstić information content (AvgIpc) is 2.89. The Labute approximate surface area is 162 Å². The minimum absolute atomic E-state index is 0.0237. The van der Waals surface area contributed by atoms with Gasteiger partial charge in [0.2, 0.25) is 0 Å². The smallest absolute Gasteiger partial charge is 0.267 e. The van der Waals surface area contributed by atoms with E-state index in [1.807, 2.05) is 0 Å². The molecule has 0 N–H and O–H groups in total. The van der Waals surface area contributed by atoms with Crippen molar-refractivity contribution in [3.8, 4) is 0 Å². The second-order valence-corrected chi connectivity index (χ2v) is 8.63. The summed E-state index contributed by atoms with van der Waals surface area (Å²) >= 11 is 0. The van der Waals surface area contributed by atoms with Crippen LogP contribution in [0.5, 0.6) is 0 Å². The van der Waals surface area contributed by atoms with Gasteiger partial charge >= 0.3 is 0 Å². The monoisotopic (exact) mass is 395 g/mol. The van der Waals surface area contributed by atoms with Crippen molar-refractivity contribution in [2.24, 2.45) is 0 Å². The van der Waals surface area contributed by atoms with Gasteiger partial charge in [-0.25, -0.2) is 0 Å². The number of carbonyl (C=O) groups excluding carboxylic acids is 2. The topological polar surface area (TPSA) is 80.8 Å². The molecule has 0 radical (unpaired) electrons. The standard InChI is InChI=1S/C20H29NO5S/c1-2-3-4-5-6-7-8-11-16-27(24,25)26-15-14-21-19(22)17-12-9-10-13-18(17)20(21)23/h9-10,12-13H,2-8,11,14-16H2,1H3. The lowest BCUT2D eigenvalue weighted by atomic mass is 10.1. The van der Waals surface area contributed by atoms with Gasteiger partial charge in [0.05, 0.1) is 30.0 Å². The number of amides is 2. The van der Waals surface area contributed by atoms with Gasteiger partial charge < -0.3 is 0 Å². The SMILES string of the molecule is CCCCCCCCCCS(=O)(=O)OCCN1C(=O)c2ccccc2C1=O. The van der Waals surface area contributed by atoms with Gasteiger partial charge in [0, 0.05) is 0 Å². The Bertz CT molecular complexity index is 709. The van der Waals surface area contributed by atoms with Crippen LogP contribution < -0.4 is 0 Å². The van der Waals surface area contributed by atoms with Crippen LogP contribution in [0.25, 0.3) is 0 Å². The van der Waals surface area contributed by atoms with E-state index in [2.05, 4.69) is 6.92 Å². The van der Waals surface area contributed by atoms with Crippen LogP contribution in [-0.2, 0) is 14.3 Å². The minimum atomic E-state index is -3.63. The predicted octanol–water partition coefficient (Wildman–Crippen LogP) is 3.77. The minimum Gasteiger partial charge on any atom is -0.272 e. The molecule has 2 amide bonds. The third kappa shape index (κ3) is 6.43. The Morgan fingerprint density at radius 2 is 1.37 bits per heavy atom. The molecule has 0 unspecified atom stereocenters. The highest BCUT2D eigenvalue weighted by atomic mass is 32.2. The number of rotatable bonds is 13. The second kappa shape index (κ2) is 10.6. The molecule has 0 aromatic heterocycles. The largest absolute Gasteiger partial charge is 0.272 e. The summed E-state index contributed by atoms with van der Waals surface area (Å²) in [6, 6.07) is 6.57. The first-order chi connectivity index (χ1) is 13.0. The highest BCUT2D eigenvalue weighted by molar-refractivity contribution is 7.86. The first kappa shape index (κ1) is 21.6. The van der Waals surface area contributed by atoms with Crippen LogP contribution >= 0.6 is 0 Å². The number of imide groups is 1. The summed E-state index contributed by atoms with van der Waals surface area (Å²) in [4.78, 5) is 25.4. The van der Waals surface area contributed by atoms with E-state index in [9.17, 15) is 18.0 Å². The van der Waals surface area contributed by atoms with Crippen molar-refractivity contribution in [3.63, 3.8) is 0 Å². The summed E-state index contributed by atoms with van der Waals surface area (Å²) in [6.45, 7) is 1.91. The lowest BCUT2D eigenvalue weighted by Crippen LogP contribution is -2.33. The van der Waals surface area contributed by atoms with E-state index >= 15 is 0 Å². The maximum absolute atomic E-state index is 12.2. The summed E-state index contributed by atoms with van der Waals surface area (Å²) in [7, 11) is -3.63. The molecule has 1 aromatic rings. The number of nitrogens with zero attached hydrogens (tertiary/aromatic N) is 1. The lowest BCUT2D eigenvalue weighted by Gasteiger charge is -2.13. The molecule has 150 valence electrons. The van der Waals surface area contributed by atoms with Crippen molar-refractivity contribution in [1.82, 2.24) is 4.90 Å². The summed E-state index contributed by atoms with van der Waals surface area (Å²) in [5.74, 6) is -0.830. The fraction of sp³-hybridized carbons (Fsp3) is 0.600. The Morgan fingerprint density at radius 1 is 0.852 bits per heavy atom. The molecule has 0 atom stereocenters. The van der Waals surface area contributed by atoms with Gasteiger partial charge in [-0.2, -0.15) is 8.42 Å². The van der Waals surface area contributed by atoms with Gasteiger partial charge in [-0.05, 0) is 18.6 Å². The number of carbonyl (C=O) groups is 2. The molecule has 1 aromatic carbocycles. The van der Waals surface area contributed by atoms with Gasteiger partial charge in [0.25, 0.3) is 21.9 Å². The molecule has 0 bridgehead atoms. The van der Waals surface area contributed by atoms with Crippen LogP contribution in [0.1, 0.15) is 79.0 Å². The van der Waals surface area contributed by atoms with Gasteiger partial charge in [-0.15, -0.1) is 0 Å². The van der Waals surface area contributed by atoms with E-state index in [-0.39, 0.29) is 18.9 Å². The van der Waals surface area contributed by atoms with Crippen molar-refractivity contribution in [1.29, 1.82) is 0 Å².